The minimum absolute atomic E-state index is 0.0623. The highest BCUT2D eigenvalue weighted by molar-refractivity contribution is 5.71. The maximum absolute atomic E-state index is 12.9. The summed E-state index contributed by atoms with van der Waals surface area (Å²) in [6.45, 7) is 11.5. The van der Waals surface area contributed by atoms with E-state index in [4.69, 9.17) is 14.2 Å². The fourth-order valence-corrected chi connectivity index (χ4v) is 9.37. The van der Waals surface area contributed by atoms with E-state index < -0.39 is 6.10 Å². The van der Waals surface area contributed by atoms with E-state index in [-0.39, 0.29) is 31.1 Å². The molecule has 2 atom stereocenters. The van der Waals surface area contributed by atoms with Crippen molar-refractivity contribution in [3.8, 4) is 0 Å². The third-order valence-corrected chi connectivity index (χ3v) is 14.3. The van der Waals surface area contributed by atoms with Gasteiger partial charge in [0, 0.05) is 19.3 Å². The van der Waals surface area contributed by atoms with Crippen LogP contribution in [0.1, 0.15) is 343 Å². The minimum Gasteiger partial charge on any atom is -0.462 e. The summed E-state index contributed by atoms with van der Waals surface area (Å²) in [5.74, 6) is 0.892. The summed E-state index contributed by atoms with van der Waals surface area (Å²) in [4.78, 5) is 38.2. The molecule has 0 saturated carbocycles. The molecule has 1 unspecified atom stereocenters. The average Bonchev–Trinajstić information content (AvgIpc) is 3.31. The Morgan fingerprint density at radius 3 is 0.851 bits per heavy atom. The van der Waals surface area contributed by atoms with Crippen LogP contribution in [0.3, 0.4) is 0 Å². The molecule has 0 heterocycles. The molecule has 0 radical (unpaired) electrons. The number of ether oxygens (including phenoxy) is 3. The lowest BCUT2D eigenvalue weighted by atomic mass is 9.99. The van der Waals surface area contributed by atoms with E-state index in [0.717, 1.165) is 69.6 Å². The summed E-state index contributed by atoms with van der Waals surface area (Å²) >= 11 is 0. The summed E-state index contributed by atoms with van der Waals surface area (Å²) in [7, 11) is 0. The second kappa shape index (κ2) is 53.8. The number of hydrogen-bond acceptors (Lipinski definition) is 6. The Morgan fingerprint density at radius 1 is 0.313 bits per heavy atom. The van der Waals surface area contributed by atoms with Crippen LogP contribution in [0.2, 0.25) is 0 Å². The van der Waals surface area contributed by atoms with Crippen molar-refractivity contribution in [2.75, 3.05) is 13.2 Å². The number of esters is 3. The highest BCUT2D eigenvalue weighted by Gasteiger charge is 2.19. The van der Waals surface area contributed by atoms with Crippen LogP contribution in [-0.4, -0.2) is 37.2 Å². The van der Waals surface area contributed by atoms with Crippen molar-refractivity contribution in [3.05, 3.63) is 0 Å². The molecule has 0 rings (SSSR count). The number of carbonyl (C=O) groups is 3. The quantitative estimate of drug-likeness (QED) is 0.0343. The second-order valence-corrected chi connectivity index (χ2v) is 21.7. The molecule has 0 aliphatic carbocycles. The maximum Gasteiger partial charge on any atom is 0.306 e. The predicted octanol–water partition coefficient (Wildman–Crippen LogP) is 20.0. The van der Waals surface area contributed by atoms with Crippen LogP contribution in [0.4, 0.5) is 0 Å². The molecule has 0 aliphatic rings. The minimum atomic E-state index is -0.763. The number of hydrogen-bond donors (Lipinski definition) is 0. The molecule has 0 fully saturated rings. The highest BCUT2D eigenvalue weighted by Crippen LogP contribution is 2.19. The lowest BCUT2D eigenvalue weighted by Crippen LogP contribution is -2.30. The van der Waals surface area contributed by atoms with Gasteiger partial charge in [-0.3, -0.25) is 14.4 Å². The molecule has 0 aromatic rings. The van der Waals surface area contributed by atoms with Gasteiger partial charge in [-0.05, 0) is 31.1 Å². The first kappa shape index (κ1) is 65.4. The Balaban J connectivity index is 4.29. The summed E-state index contributed by atoms with van der Waals surface area (Å²) in [5.41, 5.74) is 0. The molecular weight excluding hydrogens is 829 g/mol. The largest absolute Gasteiger partial charge is 0.462 e. The van der Waals surface area contributed by atoms with E-state index in [2.05, 4.69) is 34.6 Å². The standard InChI is InChI=1S/C61H118O6/c1-6-8-9-10-11-12-13-14-15-16-20-26-31-36-41-46-51-59(62)65-54-58(67-61(64)53-48-43-38-33-28-23-22-24-29-34-39-44-49-56(3)4)55-66-60(63)52-47-42-37-32-27-21-18-17-19-25-30-35-40-45-50-57(5)7-2/h56-58H,6-55H2,1-5H3/t57?,58-/m1/s1. The Morgan fingerprint density at radius 2 is 0.567 bits per heavy atom. The fourth-order valence-electron chi connectivity index (χ4n) is 9.37. The zero-order chi connectivity index (χ0) is 48.9. The molecule has 0 aromatic carbocycles. The molecule has 0 amide bonds. The van der Waals surface area contributed by atoms with Crippen LogP contribution in [-0.2, 0) is 28.6 Å². The number of carbonyl (C=O) groups excluding carboxylic acids is 3. The van der Waals surface area contributed by atoms with Crippen LogP contribution in [0.15, 0.2) is 0 Å². The van der Waals surface area contributed by atoms with Crippen LogP contribution >= 0.6 is 0 Å². The van der Waals surface area contributed by atoms with Crippen LogP contribution < -0.4 is 0 Å². The van der Waals surface area contributed by atoms with Gasteiger partial charge in [0.05, 0.1) is 0 Å². The number of rotatable bonds is 55. The van der Waals surface area contributed by atoms with Gasteiger partial charge in [-0.25, -0.2) is 0 Å². The Kier molecular flexibility index (Phi) is 52.5. The van der Waals surface area contributed by atoms with Gasteiger partial charge in [-0.2, -0.15) is 0 Å². The molecule has 0 bridgehead atoms. The first-order valence-electron chi connectivity index (χ1n) is 30.3. The molecule has 6 nitrogen and oxygen atoms in total. The van der Waals surface area contributed by atoms with E-state index in [1.807, 2.05) is 0 Å². The fraction of sp³-hybridized carbons (Fsp3) is 0.951. The van der Waals surface area contributed by atoms with Crippen LogP contribution in [0, 0.1) is 11.8 Å². The van der Waals surface area contributed by atoms with Crippen molar-refractivity contribution < 1.29 is 28.6 Å². The molecule has 67 heavy (non-hydrogen) atoms. The average molecular weight is 948 g/mol. The van der Waals surface area contributed by atoms with Crippen molar-refractivity contribution in [2.24, 2.45) is 11.8 Å². The van der Waals surface area contributed by atoms with E-state index in [1.54, 1.807) is 0 Å². The SMILES string of the molecule is CCCCCCCCCCCCCCCCCCC(=O)OC[C@H](COC(=O)CCCCCCCCCCCCCCCCC(C)CC)OC(=O)CCCCCCCCCCCCCCC(C)C. The Labute approximate surface area is 418 Å². The first-order chi connectivity index (χ1) is 32.8. The van der Waals surface area contributed by atoms with Crippen LogP contribution in [0.25, 0.3) is 0 Å². The van der Waals surface area contributed by atoms with Gasteiger partial charge in [-0.15, -0.1) is 0 Å². The van der Waals surface area contributed by atoms with Gasteiger partial charge >= 0.3 is 17.9 Å². The molecule has 6 heteroatoms. The zero-order valence-corrected chi connectivity index (χ0v) is 46.0. The topological polar surface area (TPSA) is 78.9 Å². The Hall–Kier alpha value is -1.59. The monoisotopic (exact) mass is 947 g/mol. The molecule has 398 valence electrons. The van der Waals surface area contributed by atoms with Crippen LogP contribution in [0.5, 0.6) is 0 Å². The van der Waals surface area contributed by atoms with Gasteiger partial charge in [0.25, 0.3) is 0 Å². The second-order valence-electron chi connectivity index (χ2n) is 21.7. The molecular formula is C61H118O6. The van der Waals surface area contributed by atoms with E-state index in [0.29, 0.717) is 19.3 Å². The van der Waals surface area contributed by atoms with Crippen molar-refractivity contribution in [2.45, 2.75) is 349 Å². The predicted molar refractivity (Wildman–Crippen MR) is 289 cm³/mol. The summed E-state index contributed by atoms with van der Waals surface area (Å²) in [5, 5.41) is 0. The van der Waals surface area contributed by atoms with Crippen molar-refractivity contribution in [1.82, 2.24) is 0 Å². The third-order valence-electron chi connectivity index (χ3n) is 14.3. The van der Waals surface area contributed by atoms with Crippen molar-refractivity contribution in [1.29, 1.82) is 0 Å². The van der Waals surface area contributed by atoms with E-state index >= 15 is 0 Å². The molecule has 0 aliphatic heterocycles. The smallest absolute Gasteiger partial charge is 0.306 e. The van der Waals surface area contributed by atoms with Gasteiger partial charge in [0.15, 0.2) is 6.10 Å². The van der Waals surface area contributed by atoms with Gasteiger partial charge in [-0.1, -0.05) is 304 Å². The first-order valence-corrected chi connectivity index (χ1v) is 30.3. The van der Waals surface area contributed by atoms with Gasteiger partial charge in [0.2, 0.25) is 0 Å². The third kappa shape index (κ3) is 53.6. The summed E-state index contributed by atoms with van der Waals surface area (Å²) < 4.78 is 16.9. The number of unbranched alkanes of at least 4 members (excludes halogenated alkanes) is 39. The molecule has 0 spiro atoms. The van der Waals surface area contributed by atoms with Gasteiger partial charge in [0.1, 0.15) is 13.2 Å². The zero-order valence-electron chi connectivity index (χ0n) is 46.0. The summed E-state index contributed by atoms with van der Waals surface area (Å²) in [6.07, 6.45) is 58.0. The lowest BCUT2D eigenvalue weighted by molar-refractivity contribution is -0.167. The highest BCUT2D eigenvalue weighted by atomic mass is 16.6. The van der Waals surface area contributed by atoms with E-state index in [9.17, 15) is 14.4 Å². The molecule has 0 aromatic heterocycles. The molecule has 0 saturated heterocycles. The summed E-state index contributed by atoms with van der Waals surface area (Å²) in [6, 6.07) is 0. The van der Waals surface area contributed by atoms with E-state index in [1.165, 1.54) is 231 Å². The van der Waals surface area contributed by atoms with Gasteiger partial charge < -0.3 is 14.2 Å². The Bertz CT molecular complexity index is 1030. The van der Waals surface area contributed by atoms with Crippen molar-refractivity contribution in [3.63, 3.8) is 0 Å². The maximum atomic E-state index is 12.9. The lowest BCUT2D eigenvalue weighted by Gasteiger charge is -2.18. The molecule has 0 N–H and O–H groups in total. The normalized spacial score (nSPS) is 12.4. The van der Waals surface area contributed by atoms with Crippen molar-refractivity contribution >= 4 is 17.9 Å².